The van der Waals surface area contributed by atoms with Gasteiger partial charge in [-0.05, 0) is 31.0 Å². The number of carbonyl (C=O) groups excluding carboxylic acids is 1. The summed E-state index contributed by atoms with van der Waals surface area (Å²) in [4.78, 5) is 16.7. The van der Waals surface area contributed by atoms with Crippen molar-refractivity contribution in [1.29, 1.82) is 0 Å². The molecule has 0 unspecified atom stereocenters. The van der Waals surface area contributed by atoms with Gasteiger partial charge in [0.1, 0.15) is 5.75 Å². The van der Waals surface area contributed by atoms with Crippen LogP contribution >= 0.6 is 11.3 Å². The van der Waals surface area contributed by atoms with E-state index in [-0.39, 0.29) is 18.1 Å². The van der Waals surface area contributed by atoms with Crippen molar-refractivity contribution < 1.29 is 14.3 Å². The second-order valence-electron chi connectivity index (χ2n) is 5.92. The van der Waals surface area contributed by atoms with Crippen LogP contribution in [0.15, 0.2) is 35.8 Å². The lowest BCUT2D eigenvalue weighted by molar-refractivity contribution is 0.0568. The molecule has 0 saturated heterocycles. The number of methoxy groups -OCH3 is 1. The van der Waals surface area contributed by atoms with E-state index in [1.807, 2.05) is 17.5 Å². The van der Waals surface area contributed by atoms with E-state index in [1.54, 1.807) is 25.4 Å². The fourth-order valence-electron chi connectivity index (χ4n) is 3.03. The molecule has 0 spiro atoms. The standard InChI is InChI=1S/C18H22N2O3S/c1-22-16-9-4-2-3-8-15(16)20-17(21)13-6-5-7-14(12-13)23-18-19-10-11-24-18/h5-7,10-12,15-16H,2-4,8-9H2,1H3,(H,20,21)/t15-,16-/m0/s1. The molecule has 1 aromatic carbocycles. The van der Waals surface area contributed by atoms with Gasteiger partial charge >= 0.3 is 0 Å². The quantitative estimate of drug-likeness (QED) is 0.831. The predicted octanol–water partition coefficient (Wildman–Crippen LogP) is 4.01. The van der Waals surface area contributed by atoms with Crippen molar-refractivity contribution in [3.63, 3.8) is 0 Å². The zero-order chi connectivity index (χ0) is 16.8. The number of nitrogens with zero attached hydrogens (tertiary/aromatic N) is 1. The van der Waals surface area contributed by atoms with Gasteiger partial charge < -0.3 is 14.8 Å². The Labute approximate surface area is 146 Å². The van der Waals surface area contributed by atoms with Gasteiger partial charge in [0.2, 0.25) is 0 Å². The average Bonchev–Trinajstić information content (AvgIpc) is 3.00. The predicted molar refractivity (Wildman–Crippen MR) is 93.8 cm³/mol. The number of ether oxygens (including phenoxy) is 2. The summed E-state index contributed by atoms with van der Waals surface area (Å²) in [5.74, 6) is 0.523. The number of aromatic nitrogens is 1. The molecule has 1 heterocycles. The maximum Gasteiger partial charge on any atom is 0.278 e. The SMILES string of the molecule is CO[C@H]1CCCCC[C@@H]1NC(=O)c1cccc(Oc2nccs2)c1. The van der Waals surface area contributed by atoms with Crippen LogP contribution in [0.1, 0.15) is 42.5 Å². The first kappa shape index (κ1) is 16.9. The maximum atomic E-state index is 12.6. The van der Waals surface area contributed by atoms with Crippen LogP contribution in [-0.4, -0.2) is 30.1 Å². The Morgan fingerprint density at radius 1 is 1.29 bits per heavy atom. The Hall–Kier alpha value is -1.92. The second kappa shape index (κ2) is 8.26. The van der Waals surface area contributed by atoms with Gasteiger partial charge in [-0.1, -0.05) is 36.7 Å². The minimum Gasteiger partial charge on any atom is -0.431 e. The fraction of sp³-hybridized carbons (Fsp3) is 0.444. The van der Waals surface area contributed by atoms with Gasteiger partial charge in [0.15, 0.2) is 0 Å². The van der Waals surface area contributed by atoms with E-state index >= 15 is 0 Å². The fourth-order valence-corrected chi connectivity index (χ4v) is 3.54. The average molecular weight is 346 g/mol. The first-order valence-corrected chi connectivity index (χ1v) is 9.15. The van der Waals surface area contributed by atoms with E-state index in [0.717, 1.165) is 25.7 Å². The minimum atomic E-state index is -0.0893. The van der Waals surface area contributed by atoms with Crippen LogP contribution in [0.3, 0.4) is 0 Å². The third kappa shape index (κ3) is 4.33. The van der Waals surface area contributed by atoms with Gasteiger partial charge in [-0.25, -0.2) is 4.98 Å². The molecule has 1 aliphatic rings. The van der Waals surface area contributed by atoms with Crippen LogP contribution in [0.2, 0.25) is 0 Å². The summed E-state index contributed by atoms with van der Waals surface area (Å²) < 4.78 is 11.2. The van der Waals surface area contributed by atoms with Crippen LogP contribution in [-0.2, 0) is 4.74 Å². The number of amides is 1. The number of carbonyl (C=O) groups is 1. The van der Waals surface area contributed by atoms with Gasteiger partial charge in [0.25, 0.3) is 11.1 Å². The molecular formula is C18H22N2O3S. The van der Waals surface area contributed by atoms with Crippen LogP contribution in [0.4, 0.5) is 0 Å². The Morgan fingerprint density at radius 3 is 2.96 bits per heavy atom. The number of rotatable bonds is 5. The normalized spacial score (nSPS) is 21.0. The summed E-state index contributed by atoms with van der Waals surface area (Å²) in [5, 5.41) is 5.55. The van der Waals surface area contributed by atoms with Gasteiger partial charge in [-0.15, -0.1) is 0 Å². The van der Waals surface area contributed by atoms with Crippen molar-refractivity contribution in [2.45, 2.75) is 44.2 Å². The molecule has 1 saturated carbocycles. The summed E-state index contributed by atoms with van der Waals surface area (Å²) in [5.41, 5.74) is 0.586. The molecule has 2 atom stereocenters. The molecule has 1 N–H and O–H groups in total. The molecule has 5 nitrogen and oxygen atoms in total. The van der Waals surface area contributed by atoms with Crippen LogP contribution in [0.25, 0.3) is 0 Å². The van der Waals surface area contributed by atoms with E-state index in [1.165, 1.54) is 17.8 Å². The third-order valence-corrected chi connectivity index (χ3v) is 4.93. The molecule has 1 amide bonds. The summed E-state index contributed by atoms with van der Waals surface area (Å²) in [6, 6.07) is 7.24. The molecule has 6 heteroatoms. The van der Waals surface area contributed by atoms with Crippen LogP contribution < -0.4 is 10.1 Å². The summed E-state index contributed by atoms with van der Waals surface area (Å²) in [7, 11) is 1.72. The first-order chi connectivity index (χ1) is 11.8. The van der Waals surface area contributed by atoms with Crippen LogP contribution in [0.5, 0.6) is 10.9 Å². The third-order valence-electron chi connectivity index (χ3n) is 4.28. The van der Waals surface area contributed by atoms with Crippen LogP contribution in [0, 0.1) is 0 Å². The van der Waals surface area contributed by atoms with E-state index in [4.69, 9.17) is 9.47 Å². The van der Waals surface area contributed by atoms with Crippen molar-refractivity contribution in [2.75, 3.05) is 7.11 Å². The highest BCUT2D eigenvalue weighted by Crippen LogP contribution is 2.24. The molecule has 2 aromatic rings. The smallest absolute Gasteiger partial charge is 0.278 e. The van der Waals surface area contributed by atoms with E-state index in [9.17, 15) is 4.79 Å². The zero-order valence-electron chi connectivity index (χ0n) is 13.7. The summed E-state index contributed by atoms with van der Waals surface area (Å²) in [6.45, 7) is 0. The maximum absolute atomic E-state index is 12.6. The van der Waals surface area contributed by atoms with Crippen molar-refractivity contribution >= 4 is 17.2 Å². The van der Waals surface area contributed by atoms with E-state index in [0.29, 0.717) is 16.5 Å². The van der Waals surface area contributed by atoms with Crippen molar-refractivity contribution in [3.8, 4) is 10.9 Å². The topological polar surface area (TPSA) is 60.5 Å². The number of nitrogens with one attached hydrogen (secondary N) is 1. The number of hydrogen-bond acceptors (Lipinski definition) is 5. The highest BCUT2D eigenvalue weighted by atomic mass is 32.1. The largest absolute Gasteiger partial charge is 0.431 e. The molecular weight excluding hydrogens is 324 g/mol. The van der Waals surface area contributed by atoms with E-state index < -0.39 is 0 Å². The molecule has 0 bridgehead atoms. The lowest BCUT2D eigenvalue weighted by atomic mass is 10.1. The molecule has 1 aliphatic carbocycles. The molecule has 0 aliphatic heterocycles. The monoisotopic (exact) mass is 346 g/mol. The number of benzene rings is 1. The Kier molecular flexibility index (Phi) is 5.82. The second-order valence-corrected chi connectivity index (χ2v) is 6.78. The van der Waals surface area contributed by atoms with Gasteiger partial charge in [0.05, 0.1) is 12.1 Å². The molecule has 128 valence electrons. The number of thiazole rings is 1. The highest BCUT2D eigenvalue weighted by molar-refractivity contribution is 7.11. The van der Waals surface area contributed by atoms with Gasteiger partial charge in [0, 0.05) is 24.3 Å². The molecule has 1 fully saturated rings. The lowest BCUT2D eigenvalue weighted by Crippen LogP contribution is -2.43. The zero-order valence-corrected chi connectivity index (χ0v) is 14.6. The molecule has 0 radical (unpaired) electrons. The summed E-state index contributed by atoms with van der Waals surface area (Å²) in [6.07, 6.45) is 7.21. The Balaban J connectivity index is 1.67. The highest BCUT2D eigenvalue weighted by Gasteiger charge is 2.25. The van der Waals surface area contributed by atoms with E-state index in [2.05, 4.69) is 10.3 Å². The molecule has 1 aromatic heterocycles. The lowest BCUT2D eigenvalue weighted by Gasteiger charge is -2.25. The summed E-state index contributed by atoms with van der Waals surface area (Å²) >= 11 is 1.42. The molecule has 24 heavy (non-hydrogen) atoms. The number of hydrogen-bond donors (Lipinski definition) is 1. The van der Waals surface area contributed by atoms with Crippen molar-refractivity contribution in [2.24, 2.45) is 0 Å². The Bertz CT molecular complexity index is 660. The van der Waals surface area contributed by atoms with Crippen molar-refractivity contribution in [3.05, 3.63) is 41.4 Å². The van der Waals surface area contributed by atoms with Gasteiger partial charge in [-0.3, -0.25) is 4.79 Å². The Morgan fingerprint density at radius 2 is 2.17 bits per heavy atom. The molecule has 3 rings (SSSR count). The van der Waals surface area contributed by atoms with Gasteiger partial charge in [-0.2, -0.15) is 0 Å². The van der Waals surface area contributed by atoms with Crippen molar-refractivity contribution in [1.82, 2.24) is 10.3 Å². The first-order valence-electron chi connectivity index (χ1n) is 8.27. The minimum absolute atomic E-state index is 0.0635.